The van der Waals surface area contributed by atoms with Gasteiger partial charge in [-0.2, -0.15) is 0 Å². The van der Waals surface area contributed by atoms with E-state index in [0.29, 0.717) is 6.42 Å². The minimum atomic E-state index is -4.98. The van der Waals surface area contributed by atoms with Crippen LogP contribution in [0.25, 0.3) is 0 Å². The van der Waals surface area contributed by atoms with Gasteiger partial charge >= 0.3 is 13.8 Å². The van der Waals surface area contributed by atoms with Crippen molar-refractivity contribution in [1.82, 2.24) is 0 Å². The molecule has 7 N–H and O–H groups in total. The van der Waals surface area contributed by atoms with E-state index < -0.39 is 69.7 Å². The van der Waals surface area contributed by atoms with E-state index in [2.05, 4.69) is 28.1 Å². The van der Waals surface area contributed by atoms with E-state index in [9.17, 15) is 44.9 Å². The molecule has 1 rings (SSSR count). The largest absolute Gasteiger partial charge is 0.472 e. The number of hydrogen-bond acceptors (Lipinski definition) is 11. The zero-order valence-electron chi connectivity index (χ0n) is 23.6. The summed E-state index contributed by atoms with van der Waals surface area (Å²) in [5.74, 6) is -0.518. The quantitative estimate of drug-likeness (QED) is 0.0415. The SMILES string of the molecule is CCCCCCCC/C=C\CCCCCCCC(=O)OC[C@@H](O)COP(=O)(O)OC1C(O)C(O)C(O)[C@@H](O)C1O. The van der Waals surface area contributed by atoms with Crippen molar-refractivity contribution >= 4 is 13.8 Å². The normalized spacial score (nSPS) is 27.5. The summed E-state index contributed by atoms with van der Waals surface area (Å²) in [7, 11) is -4.98. The first-order valence-electron chi connectivity index (χ1n) is 14.5. The first-order chi connectivity index (χ1) is 19.0. The lowest BCUT2D eigenvalue weighted by Crippen LogP contribution is -2.64. The molecule has 0 aliphatic heterocycles. The van der Waals surface area contributed by atoms with Gasteiger partial charge in [-0.1, -0.05) is 70.4 Å². The number of hydrogen-bond donors (Lipinski definition) is 7. The lowest BCUT2D eigenvalue weighted by Gasteiger charge is -2.41. The van der Waals surface area contributed by atoms with Crippen LogP contribution in [0.4, 0.5) is 0 Å². The van der Waals surface area contributed by atoms with Crippen LogP contribution in [0, 0.1) is 0 Å². The number of phosphoric ester groups is 1. The zero-order chi connectivity index (χ0) is 30.0. The van der Waals surface area contributed by atoms with E-state index in [1.807, 2.05) is 0 Å². The summed E-state index contributed by atoms with van der Waals surface area (Å²) in [6.07, 6.45) is 6.32. The predicted molar refractivity (Wildman–Crippen MR) is 147 cm³/mol. The minimum absolute atomic E-state index is 0.182. The molecule has 12 nitrogen and oxygen atoms in total. The number of unbranched alkanes of at least 4 members (excludes halogenated alkanes) is 11. The molecule has 1 fully saturated rings. The number of carbonyl (C=O) groups excluding carboxylic acids is 1. The van der Waals surface area contributed by atoms with Crippen LogP contribution in [0.1, 0.15) is 96.8 Å². The second-order valence-corrected chi connectivity index (χ2v) is 11.9. The van der Waals surface area contributed by atoms with Crippen molar-refractivity contribution in [3.05, 3.63) is 12.2 Å². The molecule has 0 radical (unpaired) electrons. The number of esters is 1. The molecule has 6 unspecified atom stereocenters. The lowest BCUT2D eigenvalue weighted by molar-refractivity contribution is -0.220. The zero-order valence-corrected chi connectivity index (χ0v) is 24.5. The number of phosphoric acid groups is 1. The molecule has 1 saturated carbocycles. The monoisotopic (exact) mass is 598 g/mol. The van der Waals surface area contributed by atoms with Crippen molar-refractivity contribution in [2.24, 2.45) is 0 Å². The van der Waals surface area contributed by atoms with E-state index >= 15 is 0 Å². The van der Waals surface area contributed by atoms with Crippen molar-refractivity contribution in [2.75, 3.05) is 13.2 Å². The molecule has 13 heteroatoms. The Bertz CT molecular complexity index is 735. The Kier molecular flexibility index (Phi) is 19.4. The molecular weight excluding hydrogens is 547 g/mol. The summed E-state index contributed by atoms with van der Waals surface area (Å²) in [5, 5.41) is 58.5. The highest BCUT2D eigenvalue weighted by Gasteiger charge is 2.51. The van der Waals surface area contributed by atoms with Gasteiger partial charge in [0.1, 0.15) is 49.3 Å². The molecule has 236 valence electrons. The second-order valence-electron chi connectivity index (χ2n) is 10.5. The summed E-state index contributed by atoms with van der Waals surface area (Å²) < 4.78 is 26.3. The molecule has 0 heterocycles. The third kappa shape index (κ3) is 15.3. The topological polar surface area (TPSA) is 203 Å². The Hall–Kier alpha value is -0.920. The van der Waals surface area contributed by atoms with Crippen LogP contribution in [0.3, 0.4) is 0 Å². The fourth-order valence-corrected chi connectivity index (χ4v) is 5.31. The van der Waals surface area contributed by atoms with Crippen LogP contribution in [-0.2, 0) is 23.1 Å². The van der Waals surface area contributed by atoms with Gasteiger partial charge in [-0.05, 0) is 32.1 Å². The van der Waals surface area contributed by atoms with Crippen LogP contribution in [0.15, 0.2) is 12.2 Å². The second kappa shape index (κ2) is 20.9. The van der Waals surface area contributed by atoms with Gasteiger partial charge in [0.05, 0.1) is 6.61 Å². The van der Waals surface area contributed by atoms with E-state index in [-0.39, 0.29) is 6.42 Å². The first-order valence-corrected chi connectivity index (χ1v) is 16.0. The minimum Gasteiger partial charge on any atom is -0.463 e. The van der Waals surface area contributed by atoms with E-state index in [1.54, 1.807) is 0 Å². The summed E-state index contributed by atoms with van der Waals surface area (Å²) in [6, 6.07) is 0. The summed E-state index contributed by atoms with van der Waals surface area (Å²) >= 11 is 0. The number of carbonyl (C=O) groups is 1. The molecule has 0 aromatic heterocycles. The summed E-state index contributed by atoms with van der Waals surface area (Å²) in [6.45, 7) is 0.964. The number of ether oxygens (including phenoxy) is 1. The van der Waals surface area contributed by atoms with Gasteiger partial charge in [0.15, 0.2) is 0 Å². The molecule has 0 aromatic rings. The summed E-state index contributed by atoms with van der Waals surface area (Å²) in [5.41, 5.74) is 0. The van der Waals surface area contributed by atoms with Crippen LogP contribution >= 0.6 is 7.82 Å². The number of aliphatic hydroxyl groups is 6. The third-order valence-corrected chi connectivity index (χ3v) is 7.82. The Labute approximate surface area is 237 Å². The van der Waals surface area contributed by atoms with Crippen molar-refractivity contribution in [3.63, 3.8) is 0 Å². The van der Waals surface area contributed by atoms with Gasteiger partial charge in [-0.3, -0.25) is 13.8 Å². The third-order valence-electron chi connectivity index (χ3n) is 6.84. The molecule has 0 spiro atoms. The highest BCUT2D eigenvalue weighted by Crippen LogP contribution is 2.47. The van der Waals surface area contributed by atoms with E-state index in [1.165, 1.54) is 38.5 Å². The molecule has 0 saturated heterocycles. The summed E-state index contributed by atoms with van der Waals surface area (Å²) in [4.78, 5) is 21.7. The molecular formula is C27H51O12P. The fraction of sp³-hybridized carbons (Fsp3) is 0.889. The number of allylic oxidation sites excluding steroid dienone is 2. The molecule has 0 amide bonds. The van der Waals surface area contributed by atoms with Crippen molar-refractivity contribution in [3.8, 4) is 0 Å². The highest BCUT2D eigenvalue weighted by molar-refractivity contribution is 7.47. The number of rotatable bonds is 22. The average molecular weight is 599 g/mol. The Morgan fingerprint density at radius 1 is 0.750 bits per heavy atom. The Morgan fingerprint density at radius 2 is 1.23 bits per heavy atom. The smallest absolute Gasteiger partial charge is 0.463 e. The predicted octanol–water partition coefficient (Wildman–Crippen LogP) is 2.25. The lowest BCUT2D eigenvalue weighted by atomic mass is 9.85. The van der Waals surface area contributed by atoms with Crippen molar-refractivity contribution < 1.29 is 58.7 Å². The maximum absolute atomic E-state index is 12.1. The van der Waals surface area contributed by atoms with E-state index in [0.717, 1.165) is 38.5 Å². The molecule has 0 bridgehead atoms. The average Bonchev–Trinajstić information content (AvgIpc) is 2.93. The van der Waals surface area contributed by atoms with Gasteiger partial charge in [0.2, 0.25) is 0 Å². The van der Waals surface area contributed by atoms with Crippen LogP contribution < -0.4 is 0 Å². The first kappa shape index (κ1) is 37.1. The van der Waals surface area contributed by atoms with Gasteiger partial charge < -0.3 is 40.3 Å². The van der Waals surface area contributed by atoms with Crippen LogP contribution in [0.5, 0.6) is 0 Å². The maximum Gasteiger partial charge on any atom is 0.472 e. The Balaban J connectivity index is 2.09. The molecule has 40 heavy (non-hydrogen) atoms. The van der Waals surface area contributed by atoms with Crippen molar-refractivity contribution in [2.45, 2.75) is 140 Å². The van der Waals surface area contributed by atoms with Crippen LogP contribution in [-0.4, -0.2) is 97.4 Å². The molecule has 1 aliphatic rings. The highest BCUT2D eigenvalue weighted by atomic mass is 31.2. The number of aliphatic hydroxyl groups excluding tert-OH is 6. The standard InChI is InChI=1S/C27H51O12P/c1-2-3-4-5-6-7-8-9-10-11-12-13-14-15-16-17-21(29)37-18-20(28)19-38-40(35,36)39-27-25(33)23(31)22(30)24(32)26(27)34/h9-10,20,22-28,30-34H,2-8,11-19H2,1H3,(H,35,36)/b10-9-/t20-,22?,23-,24?,25?,26?,27?/m1/s1. The Morgan fingerprint density at radius 3 is 1.77 bits per heavy atom. The molecule has 0 aromatic carbocycles. The van der Waals surface area contributed by atoms with Gasteiger partial charge in [-0.25, -0.2) is 4.57 Å². The van der Waals surface area contributed by atoms with E-state index in [4.69, 9.17) is 4.74 Å². The molecule has 1 aliphatic carbocycles. The van der Waals surface area contributed by atoms with Gasteiger partial charge in [0.25, 0.3) is 0 Å². The van der Waals surface area contributed by atoms with Gasteiger partial charge in [-0.15, -0.1) is 0 Å². The van der Waals surface area contributed by atoms with Crippen molar-refractivity contribution in [1.29, 1.82) is 0 Å². The molecule has 8 atom stereocenters. The fourth-order valence-electron chi connectivity index (χ4n) is 4.34. The maximum atomic E-state index is 12.1. The van der Waals surface area contributed by atoms with Gasteiger partial charge in [0, 0.05) is 6.42 Å². The van der Waals surface area contributed by atoms with Crippen LogP contribution in [0.2, 0.25) is 0 Å².